The first-order valence-corrected chi connectivity index (χ1v) is 12.0. The molecule has 2 aromatic carbocycles. The fraction of sp³-hybridized carbons (Fsp3) is 0.261. The number of aliphatic carboxylic acids is 1. The molecule has 11 heteroatoms. The quantitative estimate of drug-likeness (QED) is 0.375. The number of thiophene rings is 1. The Hall–Kier alpha value is -2.85. The summed E-state index contributed by atoms with van der Waals surface area (Å²) in [5.41, 5.74) is 6.99. The largest absolute Gasteiger partial charge is 0.505 e. The molecule has 34 heavy (non-hydrogen) atoms. The third-order valence-corrected chi connectivity index (χ3v) is 7.79. The van der Waals surface area contributed by atoms with Gasteiger partial charge in [-0.2, -0.15) is 0 Å². The molecule has 1 fully saturated rings. The zero-order chi connectivity index (χ0) is 24.6. The molecule has 8 nitrogen and oxygen atoms in total. The summed E-state index contributed by atoms with van der Waals surface area (Å²) < 4.78 is 0.384. The zero-order valence-electron chi connectivity index (χ0n) is 17.8. The molecule has 178 valence electrons. The van der Waals surface area contributed by atoms with Crippen molar-refractivity contribution >= 4 is 67.4 Å². The number of piperidine rings is 1. The lowest BCUT2D eigenvalue weighted by Crippen LogP contribution is -2.35. The van der Waals surface area contributed by atoms with Crippen molar-refractivity contribution in [3.8, 4) is 5.75 Å². The summed E-state index contributed by atoms with van der Waals surface area (Å²) in [7, 11) is 0. The number of primary amides is 1. The number of hydrogen-bond donors (Lipinski definition) is 4. The first kappa shape index (κ1) is 24.3. The molecule has 2 amide bonds. The Kier molecular flexibility index (Phi) is 6.99. The van der Waals surface area contributed by atoms with Crippen LogP contribution in [0.4, 0.5) is 5.00 Å². The zero-order valence-corrected chi connectivity index (χ0v) is 20.1. The fourth-order valence-electron chi connectivity index (χ4n) is 4.02. The van der Waals surface area contributed by atoms with E-state index in [4.69, 9.17) is 34.0 Å². The number of halogens is 2. The van der Waals surface area contributed by atoms with Crippen molar-refractivity contribution in [1.29, 1.82) is 0 Å². The van der Waals surface area contributed by atoms with Crippen molar-refractivity contribution in [2.75, 3.05) is 18.4 Å². The van der Waals surface area contributed by atoms with Crippen LogP contribution < -0.4 is 11.1 Å². The maximum atomic E-state index is 12.9. The van der Waals surface area contributed by atoms with E-state index in [0.29, 0.717) is 48.1 Å². The van der Waals surface area contributed by atoms with Gasteiger partial charge in [0, 0.05) is 17.5 Å². The number of amides is 2. The van der Waals surface area contributed by atoms with E-state index in [1.165, 1.54) is 6.07 Å². The SMILES string of the molecule is NC(=O)c1c(NC(=O)c2ccc(CN3CCC(C(=O)O)CC3)cc2)sc2c(Cl)c(O)c(Cl)cc12. The third kappa shape index (κ3) is 4.83. The van der Waals surface area contributed by atoms with E-state index in [1.807, 2.05) is 12.1 Å². The molecule has 0 unspecified atom stereocenters. The molecule has 0 atom stereocenters. The molecule has 3 aromatic rings. The number of carbonyl (C=O) groups excluding carboxylic acids is 2. The van der Waals surface area contributed by atoms with Crippen molar-refractivity contribution in [2.45, 2.75) is 19.4 Å². The number of phenols is 1. The number of phenolic OH excluding ortho intramolecular Hbond substituents is 1. The van der Waals surface area contributed by atoms with Gasteiger partial charge < -0.3 is 21.3 Å². The maximum absolute atomic E-state index is 12.9. The molecule has 0 aliphatic carbocycles. The van der Waals surface area contributed by atoms with Crippen molar-refractivity contribution < 1.29 is 24.6 Å². The number of carboxylic acid groups (broad SMARTS) is 1. The molecule has 1 saturated heterocycles. The average molecular weight is 522 g/mol. The van der Waals surface area contributed by atoms with Gasteiger partial charge in [0.2, 0.25) is 0 Å². The third-order valence-electron chi connectivity index (χ3n) is 5.88. The molecule has 1 aromatic heterocycles. The lowest BCUT2D eigenvalue weighted by atomic mass is 9.97. The minimum absolute atomic E-state index is 0.0211. The standard InChI is InChI=1S/C23H21Cl2N3O5S/c24-15-9-14-16(20(26)30)22(34-19(14)17(25)18(15)29)27-21(31)12-3-1-11(2-4-12)10-28-7-5-13(6-8-28)23(32)33/h1-4,9,13,29H,5-8,10H2,(H2,26,30)(H,27,31)(H,32,33). The minimum atomic E-state index is -0.763. The number of rotatable bonds is 6. The monoisotopic (exact) mass is 521 g/mol. The molecule has 1 aliphatic heterocycles. The molecule has 1 aliphatic rings. The van der Waals surface area contributed by atoms with Gasteiger partial charge in [-0.25, -0.2) is 0 Å². The Morgan fingerprint density at radius 3 is 2.38 bits per heavy atom. The number of benzene rings is 2. The van der Waals surface area contributed by atoms with Gasteiger partial charge in [-0.15, -0.1) is 11.3 Å². The number of nitrogens with zero attached hydrogens (tertiary/aromatic N) is 1. The van der Waals surface area contributed by atoms with Crippen molar-refractivity contribution in [2.24, 2.45) is 11.7 Å². The van der Waals surface area contributed by atoms with E-state index in [2.05, 4.69) is 10.2 Å². The topological polar surface area (TPSA) is 133 Å². The van der Waals surface area contributed by atoms with Crippen molar-refractivity contribution in [1.82, 2.24) is 4.90 Å². The molecule has 0 radical (unpaired) electrons. The van der Waals surface area contributed by atoms with Crippen LogP contribution in [-0.2, 0) is 11.3 Å². The lowest BCUT2D eigenvalue weighted by Gasteiger charge is -2.30. The Morgan fingerprint density at radius 2 is 1.79 bits per heavy atom. The van der Waals surface area contributed by atoms with Gasteiger partial charge in [-0.05, 0) is 49.7 Å². The summed E-state index contributed by atoms with van der Waals surface area (Å²) in [6.07, 6.45) is 1.25. The summed E-state index contributed by atoms with van der Waals surface area (Å²) in [4.78, 5) is 38.3. The Labute approximate surface area is 208 Å². The smallest absolute Gasteiger partial charge is 0.306 e. The summed E-state index contributed by atoms with van der Waals surface area (Å²) >= 11 is 13.2. The van der Waals surface area contributed by atoms with E-state index in [-0.39, 0.29) is 32.3 Å². The number of nitrogens with one attached hydrogen (secondary N) is 1. The number of fused-ring (bicyclic) bond motifs is 1. The molecule has 0 spiro atoms. The maximum Gasteiger partial charge on any atom is 0.306 e. The van der Waals surface area contributed by atoms with E-state index < -0.39 is 17.8 Å². The van der Waals surface area contributed by atoms with Gasteiger partial charge >= 0.3 is 5.97 Å². The second kappa shape index (κ2) is 9.79. The molecule has 0 saturated carbocycles. The Bertz CT molecular complexity index is 1280. The van der Waals surface area contributed by atoms with Crippen molar-refractivity contribution in [3.05, 3.63) is 57.1 Å². The highest BCUT2D eigenvalue weighted by Gasteiger charge is 2.25. The van der Waals surface area contributed by atoms with Gasteiger partial charge in [0.1, 0.15) is 10.0 Å². The van der Waals surface area contributed by atoms with Crippen LogP contribution in [0.1, 0.15) is 39.1 Å². The van der Waals surface area contributed by atoms with E-state index >= 15 is 0 Å². The number of aromatic hydroxyl groups is 1. The van der Waals surface area contributed by atoms with Gasteiger partial charge in [0.25, 0.3) is 11.8 Å². The molecule has 5 N–H and O–H groups in total. The summed E-state index contributed by atoms with van der Waals surface area (Å²) in [6, 6.07) is 8.43. The number of carboxylic acids is 1. The summed E-state index contributed by atoms with van der Waals surface area (Å²) in [6.45, 7) is 2.09. The van der Waals surface area contributed by atoms with Gasteiger partial charge in [-0.3, -0.25) is 19.3 Å². The lowest BCUT2D eigenvalue weighted by molar-refractivity contribution is -0.143. The van der Waals surface area contributed by atoms with Crippen LogP contribution in [0.5, 0.6) is 5.75 Å². The van der Waals surface area contributed by atoms with E-state index in [1.54, 1.807) is 12.1 Å². The first-order valence-electron chi connectivity index (χ1n) is 10.4. The van der Waals surface area contributed by atoms with Crippen LogP contribution >= 0.6 is 34.5 Å². The molecular weight excluding hydrogens is 501 g/mol. The second-order valence-corrected chi connectivity index (χ2v) is 9.91. The van der Waals surface area contributed by atoms with Crippen LogP contribution in [0.15, 0.2) is 30.3 Å². The predicted octanol–water partition coefficient (Wildman–Crippen LogP) is 4.56. The Morgan fingerprint density at radius 1 is 1.15 bits per heavy atom. The highest BCUT2D eigenvalue weighted by molar-refractivity contribution is 7.24. The van der Waals surface area contributed by atoms with E-state index in [0.717, 1.165) is 16.9 Å². The van der Waals surface area contributed by atoms with Crippen LogP contribution in [-0.4, -0.2) is 46.0 Å². The Balaban J connectivity index is 1.49. The van der Waals surface area contributed by atoms with Crippen LogP contribution in [0.3, 0.4) is 0 Å². The van der Waals surface area contributed by atoms with E-state index in [9.17, 15) is 19.5 Å². The molecule has 0 bridgehead atoms. The van der Waals surface area contributed by atoms with Gasteiger partial charge in [-0.1, -0.05) is 35.3 Å². The number of carbonyl (C=O) groups is 3. The van der Waals surface area contributed by atoms with Crippen molar-refractivity contribution in [3.63, 3.8) is 0 Å². The van der Waals surface area contributed by atoms with Crippen LogP contribution in [0.2, 0.25) is 10.0 Å². The molecule has 4 rings (SSSR count). The molecule has 2 heterocycles. The highest BCUT2D eigenvalue weighted by atomic mass is 35.5. The number of anilines is 1. The van der Waals surface area contributed by atoms with Gasteiger partial charge in [0.15, 0.2) is 5.75 Å². The fourth-order valence-corrected chi connectivity index (χ4v) is 5.71. The first-order chi connectivity index (χ1) is 16.2. The number of likely N-dealkylation sites (tertiary alicyclic amines) is 1. The van der Waals surface area contributed by atoms with Crippen LogP contribution in [0, 0.1) is 5.92 Å². The average Bonchev–Trinajstić information content (AvgIpc) is 3.16. The number of hydrogen-bond acceptors (Lipinski definition) is 6. The number of nitrogens with two attached hydrogens (primary N) is 1. The second-order valence-electron chi connectivity index (χ2n) is 8.11. The summed E-state index contributed by atoms with van der Waals surface area (Å²) in [5, 5.41) is 22.3. The normalized spacial score (nSPS) is 14.9. The molecular formula is C23H21Cl2N3O5S. The highest BCUT2D eigenvalue weighted by Crippen LogP contribution is 2.46. The van der Waals surface area contributed by atoms with Crippen LogP contribution in [0.25, 0.3) is 10.1 Å². The van der Waals surface area contributed by atoms with Gasteiger partial charge in [0.05, 0.1) is 21.2 Å². The summed E-state index contributed by atoms with van der Waals surface area (Å²) in [5.74, 6) is -2.53. The minimum Gasteiger partial charge on any atom is -0.505 e. The predicted molar refractivity (Wildman–Crippen MR) is 132 cm³/mol.